The Bertz CT molecular complexity index is 3290. The van der Waals surface area contributed by atoms with Crippen molar-refractivity contribution in [2.75, 3.05) is 0 Å². The Balaban J connectivity index is 1.14. The van der Waals surface area contributed by atoms with Gasteiger partial charge in [0.25, 0.3) is 0 Å². The number of aromatic nitrogens is 4. The van der Waals surface area contributed by atoms with E-state index in [2.05, 4.69) is 177 Å². The van der Waals surface area contributed by atoms with Crippen LogP contribution in [0.25, 0.3) is 87.0 Å². The maximum Gasteiger partial charge on any atom is 0.116 e. The summed E-state index contributed by atoms with van der Waals surface area (Å²) in [6.45, 7) is 18.6. The van der Waals surface area contributed by atoms with Crippen molar-refractivity contribution in [3.05, 3.63) is 143 Å². The maximum atomic E-state index is 5.75. The minimum atomic E-state index is -0.0173. The zero-order valence-electron chi connectivity index (χ0n) is 44.0. The van der Waals surface area contributed by atoms with Gasteiger partial charge in [0, 0.05) is 47.2 Å². The standard InChI is InChI=1S/C65H72N4S3/c1-9-11-13-15-17-25-39-65(40-26-18-16-14-12-10-2)49-41-45(31-33-47(49)48-34-32-46(42-50(48)65)63(3,4)5)51-35-36-52(70-51)55-59-60(56(62-61(55)68-72-69-62)53-37-38-54(71-53)64(6,7)8)67-58(44-29-23-20-24-30-44)57(66-59)43-27-21-19-22-28-43/h19-24,27-38,41-42H,9-18,25-26,39-40H2,1-8H3. The van der Waals surface area contributed by atoms with E-state index < -0.39 is 0 Å². The molecule has 0 spiro atoms. The predicted octanol–water partition coefficient (Wildman–Crippen LogP) is 20.5. The Labute approximate surface area is 441 Å². The summed E-state index contributed by atoms with van der Waals surface area (Å²) in [6, 6.07) is 45.3. The lowest BCUT2D eigenvalue weighted by Gasteiger charge is -2.34. The average Bonchev–Trinajstić information content (AvgIpc) is 4.22. The topological polar surface area (TPSA) is 51.6 Å². The first-order valence-electron chi connectivity index (χ1n) is 27.0. The van der Waals surface area contributed by atoms with Gasteiger partial charge in [0.2, 0.25) is 0 Å². The summed E-state index contributed by atoms with van der Waals surface area (Å²) in [5, 5.41) is 0. The monoisotopic (exact) mass is 1000 g/mol. The zero-order chi connectivity index (χ0) is 50.0. The van der Waals surface area contributed by atoms with Crippen molar-refractivity contribution in [3.8, 4) is 65.0 Å². The van der Waals surface area contributed by atoms with Crippen molar-refractivity contribution in [2.24, 2.45) is 0 Å². The van der Waals surface area contributed by atoms with Crippen molar-refractivity contribution in [1.82, 2.24) is 18.7 Å². The third-order valence-electron chi connectivity index (χ3n) is 15.3. The summed E-state index contributed by atoms with van der Waals surface area (Å²) in [4.78, 5) is 16.3. The van der Waals surface area contributed by atoms with E-state index in [-0.39, 0.29) is 16.2 Å². The van der Waals surface area contributed by atoms with E-state index >= 15 is 0 Å². The average molecular weight is 1010 g/mol. The van der Waals surface area contributed by atoms with E-state index in [1.807, 2.05) is 22.7 Å². The zero-order valence-corrected chi connectivity index (χ0v) is 46.4. The van der Waals surface area contributed by atoms with Crippen LogP contribution < -0.4 is 0 Å². The molecule has 0 saturated carbocycles. The molecule has 1 aliphatic carbocycles. The molecule has 5 aromatic carbocycles. The first kappa shape index (κ1) is 50.2. The van der Waals surface area contributed by atoms with Crippen LogP contribution in [0.5, 0.6) is 0 Å². The first-order chi connectivity index (χ1) is 34.9. The highest BCUT2D eigenvalue weighted by molar-refractivity contribution is 7.19. The van der Waals surface area contributed by atoms with Gasteiger partial charge < -0.3 is 0 Å². The summed E-state index contributed by atoms with van der Waals surface area (Å²) in [6.07, 6.45) is 18.1. The second-order valence-electron chi connectivity index (χ2n) is 22.5. The van der Waals surface area contributed by atoms with Gasteiger partial charge >= 0.3 is 0 Å². The second-order valence-corrected chi connectivity index (χ2v) is 25.2. The van der Waals surface area contributed by atoms with Crippen LogP contribution in [-0.4, -0.2) is 18.7 Å². The van der Waals surface area contributed by atoms with Gasteiger partial charge in [0.05, 0.1) is 23.1 Å². The minimum Gasteiger partial charge on any atom is -0.243 e. The molecule has 0 radical (unpaired) electrons. The fourth-order valence-electron chi connectivity index (χ4n) is 11.3. The normalized spacial score (nSPS) is 13.3. The Morgan fingerprint density at radius 2 is 0.917 bits per heavy atom. The van der Waals surface area contributed by atoms with Crippen LogP contribution >= 0.6 is 34.4 Å². The van der Waals surface area contributed by atoms with Crippen molar-refractivity contribution in [1.29, 1.82) is 0 Å². The number of hydrogen-bond donors (Lipinski definition) is 0. The lowest BCUT2D eigenvalue weighted by atomic mass is 9.69. The maximum absolute atomic E-state index is 5.75. The third kappa shape index (κ3) is 9.90. The third-order valence-corrected chi connectivity index (χ3v) is 18.5. The Morgan fingerprint density at radius 1 is 0.431 bits per heavy atom. The molecule has 0 amide bonds. The van der Waals surface area contributed by atoms with Crippen molar-refractivity contribution < 1.29 is 0 Å². The lowest BCUT2D eigenvalue weighted by Crippen LogP contribution is -2.26. The molecule has 7 heteroatoms. The molecule has 4 nitrogen and oxygen atoms in total. The summed E-state index contributed by atoms with van der Waals surface area (Å²) >= 11 is 4.96. The van der Waals surface area contributed by atoms with Gasteiger partial charge in [0.15, 0.2) is 0 Å². The van der Waals surface area contributed by atoms with E-state index in [0.29, 0.717) is 0 Å². The molecule has 0 aliphatic heterocycles. The molecule has 0 atom stereocenters. The molecule has 0 saturated heterocycles. The van der Waals surface area contributed by atoms with Gasteiger partial charge in [0.1, 0.15) is 22.1 Å². The fraction of sp³-hybridized carbons (Fsp3) is 0.385. The van der Waals surface area contributed by atoms with Crippen LogP contribution in [0.2, 0.25) is 0 Å². The van der Waals surface area contributed by atoms with E-state index in [0.717, 1.165) is 65.5 Å². The highest BCUT2D eigenvalue weighted by Crippen LogP contribution is 2.57. The SMILES string of the molecule is CCCCCCCCC1(CCCCCCCC)c2cc(-c3ccc(-c4c5nsnc5c(-c5ccc(C(C)(C)C)s5)c5nc(-c6ccccc6)c(-c6ccccc6)nc45)s3)ccc2-c2ccc(C(C)(C)C)cc21. The van der Waals surface area contributed by atoms with Crippen molar-refractivity contribution in [3.63, 3.8) is 0 Å². The molecule has 4 heterocycles. The van der Waals surface area contributed by atoms with Crippen molar-refractivity contribution >= 4 is 56.5 Å². The second kappa shape index (κ2) is 21.2. The number of rotatable bonds is 19. The Morgan fingerprint density at radius 3 is 1.44 bits per heavy atom. The molecular formula is C65H72N4S3. The summed E-state index contributed by atoms with van der Waals surface area (Å²) < 4.78 is 10.3. The van der Waals surface area contributed by atoms with Crippen LogP contribution in [0.1, 0.15) is 167 Å². The molecule has 1 aliphatic rings. The molecule has 72 heavy (non-hydrogen) atoms. The van der Waals surface area contributed by atoms with E-state index in [1.54, 1.807) is 5.56 Å². The molecule has 0 fully saturated rings. The molecule has 4 aromatic heterocycles. The molecule has 370 valence electrons. The number of thiophene rings is 2. The summed E-state index contributed by atoms with van der Waals surface area (Å²) in [5.41, 5.74) is 18.1. The van der Waals surface area contributed by atoms with E-state index in [1.165, 1.54) is 139 Å². The molecule has 10 rings (SSSR count). The van der Waals surface area contributed by atoms with E-state index in [9.17, 15) is 0 Å². The highest BCUT2D eigenvalue weighted by atomic mass is 32.1. The van der Waals surface area contributed by atoms with Crippen LogP contribution in [0.15, 0.2) is 121 Å². The predicted molar refractivity (Wildman–Crippen MR) is 313 cm³/mol. The van der Waals surface area contributed by atoms with Crippen LogP contribution in [0, 0.1) is 0 Å². The lowest BCUT2D eigenvalue weighted by molar-refractivity contribution is 0.397. The highest BCUT2D eigenvalue weighted by Gasteiger charge is 2.43. The van der Waals surface area contributed by atoms with Crippen LogP contribution in [0.3, 0.4) is 0 Å². The van der Waals surface area contributed by atoms with Gasteiger partial charge in [-0.3, -0.25) is 0 Å². The molecular weight excluding hydrogens is 933 g/mol. The van der Waals surface area contributed by atoms with Gasteiger partial charge in [-0.25, -0.2) is 9.97 Å². The number of unbranched alkanes of at least 4 members (excludes halogenated alkanes) is 10. The van der Waals surface area contributed by atoms with Gasteiger partial charge in [-0.2, -0.15) is 8.75 Å². The fourth-order valence-corrected chi connectivity index (χ4v) is 14.0. The van der Waals surface area contributed by atoms with Crippen LogP contribution in [-0.2, 0) is 16.2 Å². The smallest absolute Gasteiger partial charge is 0.116 e. The molecule has 0 bridgehead atoms. The van der Waals surface area contributed by atoms with Crippen molar-refractivity contribution in [2.45, 2.75) is 162 Å². The first-order valence-corrected chi connectivity index (χ1v) is 29.4. The van der Waals surface area contributed by atoms with Gasteiger partial charge in [-0.15, -0.1) is 22.7 Å². The number of nitrogens with zero attached hydrogens (tertiary/aromatic N) is 4. The summed E-state index contributed by atoms with van der Waals surface area (Å²) in [5.74, 6) is 0. The largest absolute Gasteiger partial charge is 0.243 e. The number of fused-ring (bicyclic) bond motifs is 5. The van der Waals surface area contributed by atoms with Gasteiger partial charge in [-0.1, -0.05) is 223 Å². The molecule has 9 aromatic rings. The van der Waals surface area contributed by atoms with E-state index in [4.69, 9.17) is 18.7 Å². The Hall–Kier alpha value is -5.34. The summed E-state index contributed by atoms with van der Waals surface area (Å²) in [7, 11) is 0. The minimum absolute atomic E-state index is 0.00466. The Kier molecular flexibility index (Phi) is 14.8. The van der Waals surface area contributed by atoms with Gasteiger partial charge in [-0.05, 0) is 87.4 Å². The quantitative estimate of drug-likeness (QED) is 0.0758. The van der Waals surface area contributed by atoms with Crippen LogP contribution in [0.4, 0.5) is 0 Å². The number of benzene rings is 5. The molecule has 0 N–H and O–H groups in total. The molecule has 0 unspecified atom stereocenters. The number of hydrogen-bond acceptors (Lipinski definition) is 7.